The first-order chi connectivity index (χ1) is 5.52. The van der Waals surface area contributed by atoms with Gasteiger partial charge in [0.05, 0.1) is 6.10 Å². The fourth-order valence-corrected chi connectivity index (χ4v) is 2.38. The van der Waals surface area contributed by atoms with E-state index in [-0.39, 0.29) is 0 Å². The number of rotatable bonds is 3. The highest BCUT2D eigenvalue weighted by Crippen LogP contribution is 2.36. The van der Waals surface area contributed by atoms with Crippen LogP contribution in [0.25, 0.3) is 0 Å². The lowest BCUT2D eigenvalue weighted by atomic mass is 9.78. The quantitative estimate of drug-likeness (QED) is 0.632. The van der Waals surface area contributed by atoms with Gasteiger partial charge in [-0.15, -0.1) is 0 Å². The van der Waals surface area contributed by atoms with Crippen LogP contribution in [-0.2, 0) is 4.74 Å². The van der Waals surface area contributed by atoms with Crippen molar-refractivity contribution < 1.29 is 4.74 Å². The molecule has 0 saturated carbocycles. The third kappa shape index (κ3) is 2.48. The Morgan fingerprint density at radius 1 is 1.42 bits per heavy atom. The molecule has 1 unspecified atom stereocenters. The smallest absolute Gasteiger partial charge is 0.0626 e. The zero-order valence-electron chi connectivity index (χ0n) is 8.89. The molecule has 0 N–H and O–H groups in total. The van der Waals surface area contributed by atoms with Crippen molar-refractivity contribution in [2.75, 3.05) is 6.61 Å². The van der Waals surface area contributed by atoms with Crippen LogP contribution in [0.2, 0.25) is 0 Å². The number of ether oxygens (including phenoxy) is 1. The van der Waals surface area contributed by atoms with Crippen LogP contribution in [0.1, 0.15) is 47.0 Å². The summed E-state index contributed by atoms with van der Waals surface area (Å²) in [6.45, 7) is 10.2. The zero-order valence-corrected chi connectivity index (χ0v) is 8.89. The van der Waals surface area contributed by atoms with Gasteiger partial charge in [-0.25, -0.2) is 0 Å². The van der Waals surface area contributed by atoms with E-state index in [0.29, 0.717) is 11.5 Å². The molecule has 1 fully saturated rings. The SMILES string of the molecule is CC(C)CC(C)(C)C1CCCO1. The first-order valence-electron chi connectivity index (χ1n) is 5.14. The van der Waals surface area contributed by atoms with Crippen molar-refractivity contribution in [3.05, 3.63) is 0 Å². The maximum absolute atomic E-state index is 5.72. The highest BCUT2D eigenvalue weighted by atomic mass is 16.5. The average molecular weight is 170 g/mol. The van der Waals surface area contributed by atoms with E-state index < -0.39 is 0 Å². The highest BCUT2D eigenvalue weighted by Gasteiger charge is 2.33. The molecular formula is C11H22O. The Morgan fingerprint density at radius 2 is 2.08 bits per heavy atom. The van der Waals surface area contributed by atoms with Crippen molar-refractivity contribution in [2.45, 2.75) is 53.1 Å². The second kappa shape index (κ2) is 3.78. The van der Waals surface area contributed by atoms with Crippen molar-refractivity contribution in [3.63, 3.8) is 0 Å². The largest absolute Gasteiger partial charge is 0.378 e. The molecule has 1 heterocycles. The zero-order chi connectivity index (χ0) is 9.19. The summed E-state index contributed by atoms with van der Waals surface area (Å²) < 4.78 is 5.72. The van der Waals surface area contributed by atoms with Crippen LogP contribution in [0.3, 0.4) is 0 Å². The lowest BCUT2D eigenvalue weighted by Crippen LogP contribution is -2.30. The molecule has 0 spiro atoms. The Morgan fingerprint density at radius 3 is 2.50 bits per heavy atom. The second-order valence-corrected chi connectivity index (χ2v) is 5.09. The van der Waals surface area contributed by atoms with E-state index in [1.165, 1.54) is 19.3 Å². The number of hydrogen-bond donors (Lipinski definition) is 0. The van der Waals surface area contributed by atoms with Gasteiger partial charge in [0.15, 0.2) is 0 Å². The minimum absolute atomic E-state index is 0.380. The molecule has 1 aliphatic heterocycles. The Bertz CT molecular complexity index is 132. The summed E-state index contributed by atoms with van der Waals surface area (Å²) in [6.07, 6.45) is 4.31. The topological polar surface area (TPSA) is 9.23 Å². The van der Waals surface area contributed by atoms with Crippen molar-refractivity contribution in [2.24, 2.45) is 11.3 Å². The molecule has 1 heteroatoms. The first-order valence-corrected chi connectivity index (χ1v) is 5.14. The number of hydrogen-bond acceptors (Lipinski definition) is 1. The van der Waals surface area contributed by atoms with Gasteiger partial charge in [-0.2, -0.15) is 0 Å². The summed E-state index contributed by atoms with van der Waals surface area (Å²) in [5.74, 6) is 0.782. The van der Waals surface area contributed by atoms with Gasteiger partial charge in [-0.05, 0) is 30.6 Å². The van der Waals surface area contributed by atoms with Gasteiger partial charge < -0.3 is 4.74 Å². The van der Waals surface area contributed by atoms with Gasteiger partial charge in [0.1, 0.15) is 0 Å². The third-order valence-electron chi connectivity index (χ3n) is 2.74. The minimum Gasteiger partial charge on any atom is -0.378 e. The molecule has 72 valence electrons. The maximum Gasteiger partial charge on any atom is 0.0626 e. The molecule has 1 aliphatic rings. The third-order valence-corrected chi connectivity index (χ3v) is 2.74. The van der Waals surface area contributed by atoms with Crippen molar-refractivity contribution >= 4 is 0 Å². The van der Waals surface area contributed by atoms with E-state index in [0.717, 1.165) is 12.5 Å². The predicted octanol–water partition coefficient (Wildman–Crippen LogP) is 3.24. The molecule has 1 rings (SSSR count). The van der Waals surface area contributed by atoms with Crippen LogP contribution in [0, 0.1) is 11.3 Å². The second-order valence-electron chi connectivity index (χ2n) is 5.09. The Labute approximate surface area is 76.5 Å². The summed E-state index contributed by atoms with van der Waals surface area (Å²) >= 11 is 0. The first kappa shape index (κ1) is 10.0. The van der Waals surface area contributed by atoms with Gasteiger partial charge in [-0.3, -0.25) is 0 Å². The molecule has 1 nitrogen and oxygen atoms in total. The van der Waals surface area contributed by atoms with Gasteiger partial charge in [-0.1, -0.05) is 27.7 Å². The normalized spacial score (nSPS) is 25.2. The van der Waals surface area contributed by atoms with E-state index >= 15 is 0 Å². The fraction of sp³-hybridized carbons (Fsp3) is 1.00. The fourth-order valence-electron chi connectivity index (χ4n) is 2.38. The van der Waals surface area contributed by atoms with E-state index in [2.05, 4.69) is 27.7 Å². The molecule has 0 bridgehead atoms. The monoisotopic (exact) mass is 170 g/mol. The van der Waals surface area contributed by atoms with E-state index in [1.54, 1.807) is 0 Å². The molecule has 1 atom stereocenters. The molecule has 0 aromatic carbocycles. The molecule has 0 aromatic heterocycles. The van der Waals surface area contributed by atoms with E-state index in [9.17, 15) is 0 Å². The van der Waals surface area contributed by atoms with Gasteiger partial charge in [0.2, 0.25) is 0 Å². The van der Waals surface area contributed by atoms with Crippen LogP contribution >= 0.6 is 0 Å². The summed E-state index contributed by atoms with van der Waals surface area (Å²) in [6, 6.07) is 0. The van der Waals surface area contributed by atoms with Crippen LogP contribution in [0.15, 0.2) is 0 Å². The summed E-state index contributed by atoms with van der Waals surface area (Å²) in [5, 5.41) is 0. The molecule has 0 aliphatic carbocycles. The molecular weight excluding hydrogens is 148 g/mol. The minimum atomic E-state index is 0.380. The lowest BCUT2D eigenvalue weighted by Gasteiger charge is -2.32. The van der Waals surface area contributed by atoms with Crippen LogP contribution in [0.4, 0.5) is 0 Å². The standard InChI is InChI=1S/C11H22O/c1-9(2)8-11(3,4)10-6-5-7-12-10/h9-10H,5-8H2,1-4H3. The molecule has 0 aromatic rings. The van der Waals surface area contributed by atoms with Crippen LogP contribution in [0.5, 0.6) is 0 Å². The molecule has 0 amide bonds. The summed E-state index contributed by atoms with van der Waals surface area (Å²) in [7, 11) is 0. The highest BCUT2D eigenvalue weighted by molar-refractivity contribution is 4.82. The molecule has 0 radical (unpaired) electrons. The van der Waals surface area contributed by atoms with E-state index in [1.807, 2.05) is 0 Å². The van der Waals surface area contributed by atoms with Gasteiger partial charge in [0, 0.05) is 6.61 Å². The Kier molecular flexibility index (Phi) is 3.16. The Hall–Kier alpha value is -0.0400. The maximum atomic E-state index is 5.72. The summed E-state index contributed by atoms with van der Waals surface area (Å²) in [5.41, 5.74) is 0.380. The van der Waals surface area contributed by atoms with Crippen molar-refractivity contribution in [1.82, 2.24) is 0 Å². The van der Waals surface area contributed by atoms with Crippen LogP contribution < -0.4 is 0 Å². The van der Waals surface area contributed by atoms with Gasteiger partial charge in [0.25, 0.3) is 0 Å². The van der Waals surface area contributed by atoms with Crippen molar-refractivity contribution in [1.29, 1.82) is 0 Å². The van der Waals surface area contributed by atoms with E-state index in [4.69, 9.17) is 4.74 Å². The molecule has 1 saturated heterocycles. The summed E-state index contributed by atoms with van der Waals surface area (Å²) in [4.78, 5) is 0. The lowest BCUT2D eigenvalue weighted by molar-refractivity contribution is 0.00791. The Balaban J connectivity index is 2.45. The molecule has 12 heavy (non-hydrogen) atoms. The predicted molar refractivity (Wildman–Crippen MR) is 52.2 cm³/mol. The van der Waals surface area contributed by atoms with Gasteiger partial charge >= 0.3 is 0 Å². The van der Waals surface area contributed by atoms with Crippen LogP contribution in [-0.4, -0.2) is 12.7 Å². The van der Waals surface area contributed by atoms with Crippen molar-refractivity contribution in [3.8, 4) is 0 Å². The average Bonchev–Trinajstić information content (AvgIpc) is 2.32.